The Balaban J connectivity index is 1.36. The van der Waals surface area contributed by atoms with Gasteiger partial charge >= 0.3 is 5.97 Å². The molecule has 1 spiro atoms. The van der Waals surface area contributed by atoms with Gasteiger partial charge in [0.1, 0.15) is 11.6 Å². The summed E-state index contributed by atoms with van der Waals surface area (Å²) in [4.78, 5) is 23.2. The number of nitrogens with zero attached hydrogens (tertiary/aromatic N) is 1. The summed E-state index contributed by atoms with van der Waals surface area (Å²) < 4.78 is 6.25. The first-order chi connectivity index (χ1) is 13.1. The molecule has 0 bridgehead atoms. The molecule has 0 aromatic heterocycles. The number of carbonyl (C=O) groups excluding carboxylic acids is 1. The zero-order chi connectivity index (χ0) is 18.4. The number of hydrogen-bond donors (Lipinski definition) is 0. The molecule has 1 aliphatic heterocycles. The van der Waals surface area contributed by atoms with Gasteiger partial charge in [-0.1, -0.05) is 23.7 Å². The molecule has 6 aliphatic rings. The quantitative estimate of drug-likeness (QED) is 0.390. The van der Waals surface area contributed by atoms with Crippen LogP contribution in [0.15, 0.2) is 16.8 Å². The Kier molecular flexibility index (Phi) is 3.38. The maximum absolute atomic E-state index is 12.2. The fourth-order valence-electron chi connectivity index (χ4n) is 9.19. The maximum Gasteiger partial charge on any atom is 0.306 e. The monoisotopic (exact) mass is 369 g/mol. The molecule has 146 valence electrons. The molecule has 0 amide bonds. The Morgan fingerprint density at radius 3 is 2.74 bits per heavy atom. The summed E-state index contributed by atoms with van der Waals surface area (Å²) in [5.74, 6) is 4.56. The lowest BCUT2D eigenvalue weighted by molar-refractivity contribution is -0.179. The Morgan fingerprint density at radius 2 is 2.00 bits per heavy atom. The van der Waals surface area contributed by atoms with Crippen LogP contribution in [0.5, 0.6) is 0 Å². The van der Waals surface area contributed by atoms with E-state index in [1.165, 1.54) is 38.5 Å². The van der Waals surface area contributed by atoms with Crippen LogP contribution in [0.1, 0.15) is 71.1 Å². The Bertz CT molecular complexity index is 731. The summed E-state index contributed by atoms with van der Waals surface area (Å²) in [6.07, 6.45) is 13.4. The fraction of sp³-hybridized carbons (Fsp3) is 0.870. The van der Waals surface area contributed by atoms with Crippen molar-refractivity contribution < 1.29 is 9.53 Å². The molecular weight excluding hydrogens is 338 g/mol. The number of esters is 1. The second-order valence-electron chi connectivity index (χ2n) is 10.4. The van der Waals surface area contributed by atoms with Crippen LogP contribution in [0, 0.1) is 45.8 Å². The predicted octanol–water partition coefficient (Wildman–Crippen LogP) is 5.02. The van der Waals surface area contributed by atoms with Gasteiger partial charge in [0.25, 0.3) is 0 Å². The molecule has 6 rings (SSSR count). The first-order valence-electron chi connectivity index (χ1n) is 11.4. The van der Waals surface area contributed by atoms with Crippen molar-refractivity contribution in [2.24, 2.45) is 46.1 Å². The second-order valence-corrected chi connectivity index (χ2v) is 10.4. The SMILES string of the molecule is CC[C@]12CCC3C(CCC4=CC(N=O)CC[C@@H]43)C1C1CC1[C@@]21CCC(=O)O1. The van der Waals surface area contributed by atoms with E-state index in [4.69, 9.17) is 4.74 Å². The van der Waals surface area contributed by atoms with E-state index in [0.717, 1.165) is 42.9 Å². The van der Waals surface area contributed by atoms with E-state index >= 15 is 0 Å². The van der Waals surface area contributed by atoms with Gasteiger partial charge in [-0.15, -0.1) is 0 Å². The highest BCUT2D eigenvalue weighted by atomic mass is 16.6. The molecule has 0 aromatic rings. The molecule has 1 saturated heterocycles. The van der Waals surface area contributed by atoms with Crippen LogP contribution in [-0.2, 0) is 9.53 Å². The van der Waals surface area contributed by atoms with E-state index < -0.39 is 0 Å². The van der Waals surface area contributed by atoms with Crippen molar-refractivity contribution in [1.82, 2.24) is 0 Å². The van der Waals surface area contributed by atoms with Crippen molar-refractivity contribution in [2.45, 2.75) is 82.8 Å². The molecule has 0 N–H and O–H groups in total. The van der Waals surface area contributed by atoms with Gasteiger partial charge in [-0.3, -0.25) is 4.79 Å². The number of allylic oxidation sites excluding steroid dienone is 1. The van der Waals surface area contributed by atoms with Gasteiger partial charge in [-0.2, -0.15) is 4.91 Å². The number of nitroso groups, excluding NO2 is 1. The number of carbonyl (C=O) groups is 1. The zero-order valence-electron chi connectivity index (χ0n) is 16.4. The minimum atomic E-state index is -0.117. The molecule has 4 saturated carbocycles. The largest absolute Gasteiger partial charge is 0.458 e. The number of fused-ring (bicyclic) bond motifs is 9. The van der Waals surface area contributed by atoms with E-state index in [2.05, 4.69) is 18.2 Å². The van der Waals surface area contributed by atoms with Crippen LogP contribution < -0.4 is 0 Å². The first kappa shape index (κ1) is 16.7. The van der Waals surface area contributed by atoms with Crippen molar-refractivity contribution in [3.8, 4) is 0 Å². The molecular formula is C23H31NO3. The third-order valence-corrected chi connectivity index (χ3v) is 10.0. The Labute approximate surface area is 161 Å². The van der Waals surface area contributed by atoms with Gasteiger partial charge in [0, 0.05) is 17.8 Å². The molecule has 0 radical (unpaired) electrons. The molecule has 0 aromatic carbocycles. The summed E-state index contributed by atoms with van der Waals surface area (Å²) >= 11 is 0. The number of ether oxygens (including phenoxy) is 1. The Hall–Kier alpha value is -1.19. The van der Waals surface area contributed by atoms with Crippen molar-refractivity contribution >= 4 is 5.97 Å². The van der Waals surface area contributed by atoms with Gasteiger partial charge in [0.15, 0.2) is 0 Å². The summed E-state index contributed by atoms with van der Waals surface area (Å²) in [5, 5.41) is 3.32. The lowest BCUT2D eigenvalue weighted by Crippen LogP contribution is -2.56. The summed E-state index contributed by atoms with van der Waals surface area (Å²) in [7, 11) is 0. The summed E-state index contributed by atoms with van der Waals surface area (Å²) in [6, 6.07) is -0.0772. The van der Waals surface area contributed by atoms with Crippen molar-refractivity contribution in [3.63, 3.8) is 0 Å². The fourth-order valence-corrected chi connectivity index (χ4v) is 9.19. The summed E-state index contributed by atoms with van der Waals surface area (Å²) in [6.45, 7) is 2.36. The van der Waals surface area contributed by atoms with Gasteiger partial charge in [0.05, 0.1) is 0 Å². The van der Waals surface area contributed by atoms with Crippen molar-refractivity contribution in [1.29, 1.82) is 0 Å². The smallest absolute Gasteiger partial charge is 0.306 e. The van der Waals surface area contributed by atoms with Crippen LogP contribution >= 0.6 is 0 Å². The molecule has 9 atom stereocenters. The molecule has 27 heavy (non-hydrogen) atoms. The molecule has 4 nitrogen and oxygen atoms in total. The highest BCUT2D eigenvalue weighted by Crippen LogP contribution is 2.79. The van der Waals surface area contributed by atoms with Gasteiger partial charge in [-0.25, -0.2) is 0 Å². The van der Waals surface area contributed by atoms with Gasteiger partial charge < -0.3 is 4.74 Å². The van der Waals surface area contributed by atoms with E-state index in [0.29, 0.717) is 18.3 Å². The van der Waals surface area contributed by atoms with E-state index in [1.54, 1.807) is 5.57 Å². The molecule has 5 aliphatic carbocycles. The number of rotatable bonds is 2. The van der Waals surface area contributed by atoms with E-state index in [9.17, 15) is 9.70 Å². The van der Waals surface area contributed by atoms with Gasteiger partial charge in [-0.05, 0) is 87.4 Å². The molecule has 1 heterocycles. The Morgan fingerprint density at radius 1 is 1.11 bits per heavy atom. The first-order valence-corrected chi connectivity index (χ1v) is 11.4. The second kappa shape index (κ2) is 5.45. The number of hydrogen-bond acceptors (Lipinski definition) is 4. The van der Waals surface area contributed by atoms with E-state index in [-0.39, 0.29) is 23.0 Å². The zero-order valence-corrected chi connectivity index (χ0v) is 16.4. The molecule has 6 unspecified atom stereocenters. The standard InChI is InChI=1S/C23H31NO3/c1-2-22-9-7-16-15-6-4-14(24-26)11-13(15)3-5-17(16)21(22)18-12-19(18)23(22)10-8-20(25)27-23/h11,14-19,21H,2-10,12H2,1H3/t14?,15-,16?,17?,18?,19?,21?,22-,23-/m0/s1. The normalized spacial score (nSPS) is 55.1. The highest BCUT2D eigenvalue weighted by molar-refractivity contribution is 5.73. The van der Waals surface area contributed by atoms with E-state index in [1.807, 2.05) is 0 Å². The van der Waals surface area contributed by atoms with Crippen LogP contribution in [-0.4, -0.2) is 17.6 Å². The maximum atomic E-state index is 12.2. The lowest BCUT2D eigenvalue weighted by atomic mass is 9.47. The van der Waals surface area contributed by atoms with Gasteiger partial charge in [0.2, 0.25) is 0 Å². The minimum absolute atomic E-state index is 0.0600. The van der Waals surface area contributed by atoms with Crippen LogP contribution in [0.3, 0.4) is 0 Å². The summed E-state index contributed by atoms with van der Waals surface area (Å²) in [5.41, 5.74) is 1.67. The third kappa shape index (κ3) is 1.93. The molecule has 4 heteroatoms. The van der Waals surface area contributed by atoms with Crippen LogP contribution in [0.25, 0.3) is 0 Å². The topological polar surface area (TPSA) is 55.7 Å². The van der Waals surface area contributed by atoms with Crippen LogP contribution in [0.4, 0.5) is 0 Å². The average molecular weight is 370 g/mol. The third-order valence-electron chi connectivity index (χ3n) is 10.0. The van der Waals surface area contributed by atoms with Crippen LogP contribution in [0.2, 0.25) is 0 Å². The van der Waals surface area contributed by atoms with Crippen molar-refractivity contribution in [2.75, 3.05) is 0 Å². The highest BCUT2D eigenvalue weighted by Gasteiger charge is 2.79. The predicted molar refractivity (Wildman–Crippen MR) is 102 cm³/mol. The minimum Gasteiger partial charge on any atom is -0.458 e. The molecule has 5 fully saturated rings. The lowest BCUT2D eigenvalue weighted by Gasteiger charge is -2.58. The average Bonchev–Trinajstić information content (AvgIpc) is 3.34. The van der Waals surface area contributed by atoms with Crippen molar-refractivity contribution in [3.05, 3.63) is 16.6 Å².